The largest absolute Gasteiger partial charge is 0.487 e. The molecule has 0 unspecified atom stereocenters. The molecule has 6 rings (SSSR count). The van der Waals surface area contributed by atoms with Gasteiger partial charge in [-0.05, 0) is 42.7 Å². The van der Waals surface area contributed by atoms with Crippen LogP contribution in [0.15, 0.2) is 53.5 Å². The molecule has 50 heavy (non-hydrogen) atoms. The number of aromatic nitrogens is 2. The number of fused-ring (bicyclic) bond motifs is 2. The number of nitro groups is 1. The van der Waals surface area contributed by atoms with E-state index >= 15 is 0 Å². The van der Waals surface area contributed by atoms with Crippen molar-refractivity contribution >= 4 is 46.1 Å². The third kappa shape index (κ3) is 8.01. The predicted molar refractivity (Wildman–Crippen MR) is 177 cm³/mol. The number of benzene rings is 3. The van der Waals surface area contributed by atoms with Crippen LogP contribution in [0, 0.1) is 33.7 Å². The molecule has 0 fully saturated rings. The summed E-state index contributed by atoms with van der Waals surface area (Å²) in [6.45, 7) is 6.91. The Morgan fingerprint density at radius 1 is 1.20 bits per heavy atom. The van der Waals surface area contributed by atoms with E-state index in [1.165, 1.54) is 46.8 Å². The van der Waals surface area contributed by atoms with Crippen LogP contribution >= 0.6 is 23.1 Å². The highest BCUT2D eigenvalue weighted by molar-refractivity contribution is 7.02. The molecule has 4 aromatic rings. The third-order valence-corrected chi connectivity index (χ3v) is 8.42. The van der Waals surface area contributed by atoms with Crippen molar-refractivity contribution in [1.82, 2.24) is 8.94 Å². The van der Waals surface area contributed by atoms with Crippen LogP contribution in [0.25, 0.3) is 0 Å². The van der Waals surface area contributed by atoms with E-state index in [1.807, 2.05) is 4.57 Å². The molecule has 0 saturated carbocycles. The van der Waals surface area contributed by atoms with Gasteiger partial charge in [-0.3, -0.25) is 19.8 Å². The highest BCUT2D eigenvalue weighted by Gasteiger charge is 2.32. The molecule has 0 spiro atoms. The van der Waals surface area contributed by atoms with Crippen LogP contribution in [0.1, 0.15) is 32.2 Å². The van der Waals surface area contributed by atoms with Gasteiger partial charge >= 0.3 is 11.9 Å². The Balaban J connectivity index is 0.000000195. The molecule has 0 bridgehead atoms. The van der Waals surface area contributed by atoms with E-state index in [4.69, 9.17) is 32.2 Å². The van der Waals surface area contributed by atoms with E-state index in [-0.39, 0.29) is 64.7 Å². The Hall–Kier alpha value is -5.14. The summed E-state index contributed by atoms with van der Waals surface area (Å²) in [5, 5.41) is 10.7. The molecule has 2 aliphatic rings. The number of hydrogen-bond donors (Lipinski definition) is 0. The first-order chi connectivity index (χ1) is 23.6. The number of alkyl halides is 3. The van der Waals surface area contributed by atoms with Gasteiger partial charge in [0.2, 0.25) is 10.6 Å². The maximum Gasteiger partial charge on any atom is 0.416 e. The molecule has 3 heterocycles. The Morgan fingerprint density at radius 3 is 2.62 bits per heavy atom. The molecule has 11 nitrogen and oxygen atoms in total. The molecule has 17 heteroatoms. The number of nitrogens with zero attached hydrogens (tertiary/aromatic N) is 5. The first-order valence-electron chi connectivity index (χ1n) is 14.9. The fraction of sp³-hybridized carbons (Fsp3) is 0.303. The minimum Gasteiger partial charge on any atom is -0.487 e. The summed E-state index contributed by atoms with van der Waals surface area (Å²) in [5.41, 5.74) is -0.474. The van der Waals surface area contributed by atoms with E-state index in [0.29, 0.717) is 16.2 Å². The van der Waals surface area contributed by atoms with Gasteiger partial charge in [-0.15, -0.1) is 6.42 Å². The summed E-state index contributed by atoms with van der Waals surface area (Å²) in [5.74, 6) is 3.04. The summed E-state index contributed by atoms with van der Waals surface area (Å²) in [7, 11) is 0. The van der Waals surface area contributed by atoms with Gasteiger partial charge in [0.25, 0.3) is 5.91 Å². The minimum atomic E-state index is -4.52. The van der Waals surface area contributed by atoms with Crippen molar-refractivity contribution in [1.29, 1.82) is 0 Å². The number of carbonyl (C=O) groups is 1. The molecular weight excluding hydrogens is 706 g/mol. The summed E-state index contributed by atoms with van der Waals surface area (Å²) in [6.07, 6.45) is 1.70. The lowest BCUT2D eigenvalue weighted by Crippen LogP contribution is -2.39. The lowest BCUT2D eigenvalue weighted by atomic mass is 9.92. The zero-order valence-electron chi connectivity index (χ0n) is 26.7. The van der Waals surface area contributed by atoms with Crippen molar-refractivity contribution in [2.24, 2.45) is 10.4 Å². The van der Waals surface area contributed by atoms with E-state index in [1.54, 1.807) is 6.92 Å². The van der Waals surface area contributed by atoms with Crippen molar-refractivity contribution in [2.75, 3.05) is 24.7 Å². The van der Waals surface area contributed by atoms with Crippen LogP contribution in [-0.2, 0) is 23.9 Å². The molecule has 0 saturated heterocycles. The molecule has 3 aromatic carbocycles. The maximum absolute atomic E-state index is 14.5. The maximum atomic E-state index is 14.5. The van der Waals surface area contributed by atoms with Crippen LogP contribution in [-0.4, -0.2) is 39.5 Å². The van der Waals surface area contributed by atoms with E-state index in [0.717, 1.165) is 37.0 Å². The molecule has 0 N–H and O–H groups in total. The number of nitro benzene ring substituents is 1. The highest BCUT2D eigenvalue weighted by atomic mass is 35.5. The summed E-state index contributed by atoms with van der Waals surface area (Å²) < 4.78 is 74.7. The van der Waals surface area contributed by atoms with Crippen LogP contribution in [0.2, 0.25) is 5.02 Å². The standard InChI is InChI=1S/C18H17FN4O2S.C15H11ClF3NO4/c1-4-5-22-13-7-12(11(19)6-14(13)25-9-16(22)24)20-17-23-10-18(2,3)8-15(23)21-26-17;1-2-23-14-8-10(4-5-12(14)20(21)22)24-13-6-3-9(7-11(13)16)15(17,18)19/h1,6-7H,5,8-10H2,2-3H3;3-8H,2H2,1H3/b20-17-;. The van der Waals surface area contributed by atoms with Crippen LogP contribution in [0.3, 0.4) is 0 Å². The molecule has 0 aliphatic carbocycles. The lowest BCUT2D eigenvalue weighted by Gasteiger charge is -2.28. The number of carbonyl (C=O) groups excluding carboxylic acids is 1. The van der Waals surface area contributed by atoms with Crippen molar-refractivity contribution < 1.29 is 41.5 Å². The number of terminal acetylenes is 1. The van der Waals surface area contributed by atoms with Gasteiger partial charge in [-0.25, -0.2) is 9.38 Å². The van der Waals surface area contributed by atoms with Crippen molar-refractivity contribution in [3.05, 3.63) is 85.7 Å². The molecule has 0 atom stereocenters. The van der Waals surface area contributed by atoms with Gasteiger partial charge < -0.3 is 18.8 Å². The molecular formula is C33H28ClF4N5O6S. The van der Waals surface area contributed by atoms with Crippen LogP contribution in [0.4, 0.5) is 34.6 Å². The fourth-order valence-corrected chi connectivity index (χ4v) is 6.09. The Bertz CT molecular complexity index is 2070. The van der Waals surface area contributed by atoms with E-state index in [2.05, 4.69) is 29.1 Å². The number of rotatable bonds is 7. The Morgan fingerprint density at radius 2 is 1.96 bits per heavy atom. The zero-order chi connectivity index (χ0) is 36.4. The molecule has 1 aromatic heterocycles. The van der Waals surface area contributed by atoms with Crippen molar-refractivity contribution in [3.8, 4) is 35.3 Å². The van der Waals surface area contributed by atoms with E-state index in [9.17, 15) is 32.5 Å². The number of halogens is 5. The first kappa shape index (κ1) is 36.1. The summed E-state index contributed by atoms with van der Waals surface area (Å²) in [4.78, 5) is 28.9. The SMILES string of the molecule is C#CCN1C(=O)COc2cc(F)c(/N=c3\snc4n3CC(C)(C)C4)cc21.CCOc1cc(Oc2ccc(C(F)(F)F)cc2Cl)ccc1[N+](=O)[O-]. The van der Waals surface area contributed by atoms with Gasteiger partial charge in [0.15, 0.2) is 12.4 Å². The molecule has 2 aliphatic heterocycles. The number of anilines is 1. The van der Waals surface area contributed by atoms with Crippen molar-refractivity contribution in [3.63, 3.8) is 0 Å². The Kier molecular flexibility index (Phi) is 10.4. The second-order valence-electron chi connectivity index (χ2n) is 11.7. The number of hydrogen-bond acceptors (Lipinski definition) is 9. The van der Waals surface area contributed by atoms with Gasteiger partial charge in [0.05, 0.1) is 34.3 Å². The lowest BCUT2D eigenvalue weighted by molar-refractivity contribution is -0.385. The quantitative estimate of drug-likeness (QED) is 0.0826. The van der Waals surface area contributed by atoms with Gasteiger partial charge in [0, 0.05) is 42.7 Å². The second-order valence-corrected chi connectivity index (χ2v) is 12.9. The van der Waals surface area contributed by atoms with Gasteiger partial charge in [0.1, 0.15) is 28.8 Å². The second kappa shape index (κ2) is 14.4. The van der Waals surface area contributed by atoms with E-state index < -0.39 is 22.5 Å². The number of amides is 1. The van der Waals surface area contributed by atoms with Crippen molar-refractivity contribution in [2.45, 2.75) is 39.9 Å². The first-order valence-corrected chi connectivity index (χ1v) is 16.0. The third-order valence-electron chi connectivity index (χ3n) is 7.35. The zero-order valence-corrected chi connectivity index (χ0v) is 28.3. The average Bonchev–Trinajstić information content (AvgIpc) is 3.55. The van der Waals surface area contributed by atoms with Crippen LogP contribution < -0.4 is 23.9 Å². The van der Waals surface area contributed by atoms with Gasteiger partial charge in [-0.2, -0.15) is 17.5 Å². The highest BCUT2D eigenvalue weighted by Crippen LogP contribution is 2.39. The fourth-order valence-electron chi connectivity index (χ4n) is 5.11. The predicted octanol–water partition coefficient (Wildman–Crippen LogP) is 7.72. The Labute approximate surface area is 292 Å². The normalized spacial score (nSPS) is 14.9. The minimum absolute atomic E-state index is 0.0111. The molecule has 0 radical (unpaired) electrons. The summed E-state index contributed by atoms with van der Waals surface area (Å²) in [6, 6.07) is 9.16. The molecule has 1 amide bonds. The van der Waals surface area contributed by atoms with Crippen LogP contribution in [0.5, 0.6) is 23.0 Å². The number of ether oxygens (including phenoxy) is 3. The molecule has 262 valence electrons. The summed E-state index contributed by atoms with van der Waals surface area (Å²) >= 11 is 7.04. The topological polar surface area (TPSA) is 121 Å². The monoisotopic (exact) mass is 733 g/mol. The smallest absolute Gasteiger partial charge is 0.416 e. The average molecular weight is 734 g/mol. The van der Waals surface area contributed by atoms with Gasteiger partial charge in [-0.1, -0.05) is 31.4 Å².